The first-order chi connectivity index (χ1) is 11.5. The number of rotatable bonds is 7. The molecule has 1 N–H and O–H groups in total. The maximum atomic E-state index is 12.4. The molecule has 128 valence electrons. The molecule has 1 aromatic carbocycles. The zero-order valence-corrected chi connectivity index (χ0v) is 14.6. The lowest BCUT2D eigenvalue weighted by atomic mass is 10.2. The summed E-state index contributed by atoms with van der Waals surface area (Å²) in [6.07, 6.45) is 3.35. The van der Waals surface area contributed by atoms with Crippen LogP contribution in [-0.4, -0.2) is 36.7 Å². The molecule has 0 fully saturated rings. The normalized spacial score (nSPS) is 11.5. The second-order valence-corrected chi connectivity index (χ2v) is 7.10. The van der Waals surface area contributed by atoms with E-state index < -0.39 is 10.0 Å². The second kappa shape index (κ2) is 8.03. The topological polar surface area (TPSA) is 79.4 Å². The van der Waals surface area contributed by atoms with Crippen molar-refractivity contribution in [1.82, 2.24) is 14.6 Å². The predicted octanol–water partition coefficient (Wildman–Crippen LogP) is 2.04. The van der Waals surface area contributed by atoms with Gasteiger partial charge in [-0.3, -0.25) is 9.78 Å². The average molecular weight is 347 g/mol. The summed E-state index contributed by atoms with van der Waals surface area (Å²) in [5.74, 6) is -0.259. The molecule has 0 saturated carbocycles. The van der Waals surface area contributed by atoms with E-state index in [1.165, 1.54) is 28.6 Å². The lowest BCUT2D eigenvalue weighted by Crippen LogP contribution is -2.30. The van der Waals surface area contributed by atoms with Crippen LogP contribution in [0.5, 0.6) is 0 Å². The van der Waals surface area contributed by atoms with E-state index in [0.29, 0.717) is 25.2 Å². The lowest BCUT2D eigenvalue weighted by molar-refractivity contribution is 0.0951. The number of sulfonamides is 1. The highest BCUT2D eigenvalue weighted by molar-refractivity contribution is 7.89. The van der Waals surface area contributed by atoms with E-state index in [4.69, 9.17) is 0 Å². The number of pyridine rings is 1. The van der Waals surface area contributed by atoms with Gasteiger partial charge < -0.3 is 5.32 Å². The van der Waals surface area contributed by atoms with Crippen molar-refractivity contribution in [2.45, 2.75) is 25.3 Å². The fourth-order valence-electron chi connectivity index (χ4n) is 2.28. The Balaban J connectivity index is 2.07. The number of hydrogen-bond acceptors (Lipinski definition) is 4. The van der Waals surface area contributed by atoms with Gasteiger partial charge in [-0.25, -0.2) is 8.42 Å². The molecular weight excluding hydrogens is 326 g/mol. The number of nitrogens with one attached hydrogen (secondary N) is 1. The fraction of sp³-hybridized carbons (Fsp3) is 0.294. The number of benzene rings is 1. The Morgan fingerprint density at radius 3 is 2.33 bits per heavy atom. The third-order valence-corrected chi connectivity index (χ3v) is 5.70. The Hall–Kier alpha value is -2.25. The highest BCUT2D eigenvalue weighted by Crippen LogP contribution is 2.16. The van der Waals surface area contributed by atoms with Gasteiger partial charge in [-0.2, -0.15) is 4.31 Å². The first-order valence-electron chi connectivity index (χ1n) is 7.76. The van der Waals surface area contributed by atoms with Crippen molar-refractivity contribution in [2.24, 2.45) is 0 Å². The van der Waals surface area contributed by atoms with Crippen molar-refractivity contribution in [2.75, 3.05) is 13.1 Å². The Kier molecular flexibility index (Phi) is 6.05. The number of hydrogen-bond donors (Lipinski definition) is 1. The maximum absolute atomic E-state index is 12.4. The van der Waals surface area contributed by atoms with Crippen molar-refractivity contribution in [3.63, 3.8) is 0 Å². The van der Waals surface area contributed by atoms with Crippen molar-refractivity contribution in [1.29, 1.82) is 0 Å². The minimum atomic E-state index is -3.51. The van der Waals surface area contributed by atoms with Gasteiger partial charge in [0.1, 0.15) is 0 Å². The lowest BCUT2D eigenvalue weighted by Gasteiger charge is -2.18. The molecule has 0 radical (unpaired) electrons. The highest BCUT2D eigenvalue weighted by Gasteiger charge is 2.21. The molecule has 24 heavy (non-hydrogen) atoms. The number of aromatic nitrogens is 1. The van der Waals surface area contributed by atoms with Crippen LogP contribution in [0.4, 0.5) is 0 Å². The number of amides is 1. The molecule has 0 unspecified atom stereocenters. The van der Waals surface area contributed by atoms with E-state index in [-0.39, 0.29) is 10.8 Å². The zero-order valence-electron chi connectivity index (χ0n) is 13.8. The van der Waals surface area contributed by atoms with E-state index in [9.17, 15) is 13.2 Å². The minimum Gasteiger partial charge on any atom is -0.348 e. The Morgan fingerprint density at radius 2 is 1.79 bits per heavy atom. The van der Waals surface area contributed by atoms with Gasteiger partial charge in [0, 0.05) is 37.6 Å². The molecule has 6 nitrogen and oxygen atoms in total. The second-order valence-electron chi connectivity index (χ2n) is 5.16. The molecule has 0 aliphatic rings. The summed E-state index contributed by atoms with van der Waals surface area (Å²) >= 11 is 0. The van der Waals surface area contributed by atoms with Crippen molar-refractivity contribution in [3.05, 3.63) is 59.9 Å². The molecule has 0 bridgehead atoms. The van der Waals surface area contributed by atoms with Crippen molar-refractivity contribution < 1.29 is 13.2 Å². The zero-order chi connectivity index (χ0) is 17.6. The Labute approximate surface area is 142 Å². The van der Waals surface area contributed by atoms with Gasteiger partial charge in [0.2, 0.25) is 10.0 Å². The molecular formula is C17H21N3O3S. The maximum Gasteiger partial charge on any atom is 0.251 e. The van der Waals surface area contributed by atoms with E-state index in [1.807, 2.05) is 6.07 Å². The van der Waals surface area contributed by atoms with E-state index in [0.717, 1.165) is 5.56 Å². The van der Waals surface area contributed by atoms with Crippen LogP contribution in [0, 0.1) is 0 Å². The summed E-state index contributed by atoms with van der Waals surface area (Å²) < 4.78 is 26.2. The molecule has 0 saturated heterocycles. The number of carbonyl (C=O) groups is 1. The quantitative estimate of drug-likeness (QED) is 0.831. The molecule has 7 heteroatoms. The first kappa shape index (κ1) is 18.1. The molecule has 0 aliphatic carbocycles. The van der Waals surface area contributed by atoms with Gasteiger partial charge in [-0.1, -0.05) is 19.9 Å². The van der Waals surface area contributed by atoms with Crippen LogP contribution in [0.1, 0.15) is 29.8 Å². The SMILES string of the molecule is CCN(CC)S(=O)(=O)c1ccc(C(=O)NCc2cccnc2)cc1. The smallest absolute Gasteiger partial charge is 0.251 e. The number of carbonyl (C=O) groups excluding carboxylic acids is 1. The first-order valence-corrected chi connectivity index (χ1v) is 9.20. The summed E-state index contributed by atoms with van der Waals surface area (Å²) in [7, 11) is -3.51. The van der Waals surface area contributed by atoms with Crippen LogP contribution < -0.4 is 5.32 Å². The molecule has 0 aliphatic heterocycles. The summed E-state index contributed by atoms with van der Waals surface area (Å²) in [5, 5.41) is 2.78. The van der Waals surface area contributed by atoms with E-state index in [1.54, 1.807) is 32.3 Å². The molecule has 0 atom stereocenters. The summed E-state index contributed by atoms with van der Waals surface area (Å²) in [6.45, 7) is 4.77. The Bertz CT molecular complexity index is 770. The summed E-state index contributed by atoms with van der Waals surface area (Å²) in [4.78, 5) is 16.3. The van der Waals surface area contributed by atoms with Crippen LogP contribution >= 0.6 is 0 Å². The summed E-state index contributed by atoms with van der Waals surface area (Å²) in [6, 6.07) is 9.64. The number of nitrogens with zero attached hydrogens (tertiary/aromatic N) is 2. The van der Waals surface area contributed by atoms with Crippen LogP contribution in [-0.2, 0) is 16.6 Å². The molecule has 1 heterocycles. The molecule has 1 aromatic heterocycles. The van der Waals surface area contributed by atoms with Gasteiger partial charge >= 0.3 is 0 Å². The van der Waals surface area contributed by atoms with Crippen LogP contribution in [0.2, 0.25) is 0 Å². The van der Waals surface area contributed by atoms with E-state index >= 15 is 0 Å². The van der Waals surface area contributed by atoms with Crippen molar-refractivity contribution >= 4 is 15.9 Å². The summed E-state index contributed by atoms with van der Waals surface area (Å²) in [5.41, 5.74) is 1.31. The minimum absolute atomic E-state index is 0.190. The molecule has 0 spiro atoms. The third kappa shape index (κ3) is 4.18. The molecule has 2 aromatic rings. The van der Waals surface area contributed by atoms with Crippen LogP contribution in [0.3, 0.4) is 0 Å². The molecule has 2 rings (SSSR count). The van der Waals surface area contributed by atoms with E-state index in [2.05, 4.69) is 10.3 Å². The monoisotopic (exact) mass is 347 g/mol. The highest BCUT2D eigenvalue weighted by atomic mass is 32.2. The van der Waals surface area contributed by atoms with Crippen molar-refractivity contribution in [3.8, 4) is 0 Å². The van der Waals surface area contributed by atoms with Gasteiger partial charge in [0.05, 0.1) is 4.90 Å². The predicted molar refractivity (Wildman–Crippen MR) is 92.0 cm³/mol. The van der Waals surface area contributed by atoms with Gasteiger partial charge in [0.25, 0.3) is 5.91 Å². The average Bonchev–Trinajstić information content (AvgIpc) is 2.61. The Morgan fingerprint density at radius 1 is 1.12 bits per heavy atom. The molecule has 1 amide bonds. The van der Waals surface area contributed by atoms with Gasteiger partial charge in [-0.05, 0) is 35.9 Å². The van der Waals surface area contributed by atoms with Crippen LogP contribution in [0.15, 0.2) is 53.7 Å². The van der Waals surface area contributed by atoms with Gasteiger partial charge in [-0.15, -0.1) is 0 Å². The third-order valence-electron chi connectivity index (χ3n) is 3.64. The van der Waals surface area contributed by atoms with Gasteiger partial charge in [0.15, 0.2) is 0 Å². The fourth-order valence-corrected chi connectivity index (χ4v) is 3.74. The van der Waals surface area contributed by atoms with Crippen LogP contribution in [0.25, 0.3) is 0 Å². The largest absolute Gasteiger partial charge is 0.348 e. The standard InChI is InChI=1S/C17H21N3O3S/c1-3-20(4-2)24(22,23)16-9-7-15(8-10-16)17(21)19-13-14-6-5-11-18-12-14/h5-12H,3-4,13H2,1-2H3,(H,19,21).